The van der Waals surface area contributed by atoms with Crippen LogP contribution in [0.2, 0.25) is 0 Å². The van der Waals surface area contributed by atoms with Crippen LogP contribution in [0.4, 0.5) is 0 Å². The fraction of sp³-hybridized carbons (Fsp3) is 0.0256. The normalized spacial score (nSPS) is 13.8. The van der Waals surface area contributed by atoms with Gasteiger partial charge in [0.1, 0.15) is 0 Å². The highest BCUT2D eigenvalue weighted by Gasteiger charge is 2.51. The Balaban J connectivity index is 1.46. The molecule has 1 aliphatic carbocycles. The molecule has 9 rings (SSSR count). The van der Waals surface area contributed by atoms with E-state index < -0.39 is 5.41 Å². The van der Waals surface area contributed by atoms with Crippen molar-refractivity contribution >= 4 is 22.7 Å². The Labute approximate surface area is 248 Å². The van der Waals surface area contributed by atoms with Gasteiger partial charge in [0, 0.05) is 26.3 Å². The first-order valence-corrected chi connectivity index (χ1v) is 15.1. The molecule has 196 valence electrons. The molecule has 2 aliphatic rings. The van der Waals surface area contributed by atoms with Crippen LogP contribution < -0.4 is 0 Å². The van der Waals surface area contributed by atoms with E-state index in [-0.39, 0.29) is 0 Å². The lowest BCUT2D eigenvalue weighted by atomic mass is 9.66. The average molecular weight is 553 g/mol. The molecular formula is C39H24N2S. The highest BCUT2D eigenvalue weighted by Crippen LogP contribution is 2.63. The van der Waals surface area contributed by atoms with Gasteiger partial charge in [-0.1, -0.05) is 139 Å². The van der Waals surface area contributed by atoms with Gasteiger partial charge < -0.3 is 0 Å². The van der Waals surface area contributed by atoms with Crippen molar-refractivity contribution in [2.45, 2.75) is 15.2 Å². The maximum Gasteiger partial charge on any atom is 0.160 e. The minimum atomic E-state index is -0.472. The van der Waals surface area contributed by atoms with Crippen molar-refractivity contribution in [2.24, 2.45) is 0 Å². The Morgan fingerprint density at radius 1 is 0.452 bits per heavy atom. The van der Waals surface area contributed by atoms with Gasteiger partial charge in [-0.3, -0.25) is 0 Å². The standard InChI is InChI=1S/C39H24N2S/c1-2-13-25(14-3-1)38-40-33-22-9-5-16-28(33)37(41-38)29-18-12-17-27-26-15-4-6-19-30(26)39(36(27)29)31-20-7-10-23-34(31)42-35-24-11-8-21-32(35)39/h1-24H. The smallest absolute Gasteiger partial charge is 0.160 e. The number of aromatic nitrogens is 2. The molecule has 0 atom stereocenters. The Hall–Kier alpha value is -4.99. The van der Waals surface area contributed by atoms with Crippen LogP contribution in [0.25, 0.3) is 44.7 Å². The van der Waals surface area contributed by atoms with Gasteiger partial charge in [-0.05, 0) is 51.6 Å². The van der Waals surface area contributed by atoms with E-state index in [0.29, 0.717) is 0 Å². The molecule has 3 heteroatoms. The third kappa shape index (κ3) is 3.17. The molecule has 0 bridgehead atoms. The Morgan fingerprint density at radius 3 is 1.83 bits per heavy atom. The molecule has 0 N–H and O–H groups in total. The van der Waals surface area contributed by atoms with Crippen molar-refractivity contribution in [1.82, 2.24) is 9.97 Å². The van der Waals surface area contributed by atoms with Crippen LogP contribution in [-0.2, 0) is 5.41 Å². The number of hydrogen-bond donors (Lipinski definition) is 0. The summed E-state index contributed by atoms with van der Waals surface area (Å²) in [5.74, 6) is 0.742. The lowest BCUT2D eigenvalue weighted by Gasteiger charge is -2.40. The van der Waals surface area contributed by atoms with Crippen molar-refractivity contribution in [3.8, 4) is 33.8 Å². The molecule has 0 saturated heterocycles. The molecule has 0 unspecified atom stereocenters. The third-order valence-electron chi connectivity index (χ3n) is 8.75. The van der Waals surface area contributed by atoms with Gasteiger partial charge in [0.15, 0.2) is 5.82 Å². The van der Waals surface area contributed by atoms with Crippen LogP contribution in [0.15, 0.2) is 155 Å². The van der Waals surface area contributed by atoms with Gasteiger partial charge >= 0.3 is 0 Å². The van der Waals surface area contributed by atoms with Gasteiger partial charge in [0.05, 0.1) is 16.6 Å². The van der Waals surface area contributed by atoms with Gasteiger partial charge in [-0.2, -0.15) is 0 Å². The second-order valence-electron chi connectivity index (χ2n) is 10.9. The summed E-state index contributed by atoms with van der Waals surface area (Å²) < 4.78 is 0. The summed E-state index contributed by atoms with van der Waals surface area (Å²) in [5.41, 5.74) is 11.4. The van der Waals surface area contributed by atoms with Crippen LogP contribution >= 0.6 is 11.8 Å². The quantitative estimate of drug-likeness (QED) is 0.213. The zero-order valence-electron chi connectivity index (χ0n) is 22.7. The first kappa shape index (κ1) is 23.7. The zero-order valence-corrected chi connectivity index (χ0v) is 23.5. The molecule has 0 fully saturated rings. The lowest BCUT2D eigenvalue weighted by molar-refractivity contribution is 0.723. The molecule has 1 spiro atoms. The zero-order chi connectivity index (χ0) is 27.7. The molecular weight excluding hydrogens is 529 g/mol. The monoisotopic (exact) mass is 552 g/mol. The van der Waals surface area contributed by atoms with E-state index >= 15 is 0 Å². The predicted molar refractivity (Wildman–Crippen MR) is 172 cm³/mol. The summed E-state index contributed by atoms with van der Waals surface area (Å²) in [6, 6.07) is 52.3. The van der Waals surface area contributed by atoms with E-state index in [0.717, 1.165) is 33.5 Å². The number of para-hydroxylation sites is 1. The number of hydrogen-bond acceptors (Lipinski definition) is 3. The summed E-state index contributed by atoms with van der Waals surface area (Å²) in [7, 11) is 0. The fourth-order valence-corrected chi connectivity index (χ4v) is 8.30. The molecule has 1 aliphatic heterocycles. The highest BCUT2D eigenvalue weighted by molar-refractivity contribution is 7.99. The van der Waals surface area contributed by atoms with E-state index in [1.165, 1.54) is 43.2 Å². The second-order valence-corrected chi connectivity index (χ2v) is 12.0. The molecule has 1 aromatic heterocycles. The van der Waals surface area contributed by atoms with Crippen molar-refractivity contribution in [1.29, 1.82) is 0 Å². The SMILES string of the molecule is c1ccc(-c2nc(-c3cccc4c3C3(c5ccccc5Sc5ccccc53)c3ccccc3-4)c3ccccc3n2)cc1. The van der Waals surface area contributed by atoms with Crippen molar-refractivity contribution in [3.05, 3.63) is 168 Å². The minimum absolute atomic E-state index is 0.472. The van der Waals surface area contributed by atoms with Gasteiger partial charge in [-0.15, -0.1) is 0 Å². The third-order valence-corrected chi connectivity index (χ3v) is 9.90. The van der Waals surface area contributed by atoms with Gasteiger partial charge in [0.25, 0.3) is 0 Å². The minimum Gasteiger partial charge on any atom is -0.228 e. The van der Waals surface area contributed by atoms with Crippen LogP contribution in [0.1, 0.15) is 22.3 Å². The molecule has 2 heterocycles. The van der Waals surface area contributed by atoms with E-state index in [1.807, 2.05) is 30.0 Å². The predicted octanol–water partition coefficient (Wildman–Crippen LogP) is 9.79. The summed E-state index contributed by atoms with van der Waals surface area (Å²) in [5, 5.41) is 1.06. The van der Waals surface area contributed by atoms with Crippen LogP contribution in [0.5, 0.6) is 0 Å². The van der Waals surface area contributed by atoms with Crippen molar-refractivity contribution < 1.29 is 0 Å². The molecule has 7 aromatic rings. The number of rotatable bonds is 2. The Kier molecular flexibility index (Phi) is 5.08. The van der Waals surface area contributed by atoms with E-state index in [2.05, 4.69) is 127 Å². The fourth-order valence-electron chi connectivity index (χ4n) is 7.11. The number of benzene rings is 6. The van der Waals surface area contributed by atoms with Gasteiger partial charge in [-0.25, -0.2) is 9.97 Å². The van der Waals surface area contributed by atoms with Crippen molar-refractivity contribution in [3.63, 3.8) is 0 Å². The summed E-state index contributed by atoms with van der Waals surface area (Å²) in [6.45, 7) is 0. The van der Waals surface area contributed by atoms with Crippen LogP contribution in [-0.4, -0.2) is 9.97 Å². The molecule has 0 saturated carbocycles. The van der Waals surface area contributed by atoms with Gasteiger partial charge in [0.2, 0.25) is 0 Å². The largest absolute Gasteiger partial charge is 0.228 e. The first-order chi connectivity index (χ1) is 20.8. The van der Waals surface area contributed by atoms with E-state index in [9.17, 15) is 0 Å². The number of fused-ring (bicyclic) bond motifs is 10. The molecule has 2 nitrogen and oxygen atoms in total. The van der Waals surface area contributed by atoms with Crippen LogP contribution in [0.3, 0.4) is 0 Å². The average Bonchev–Trinajstić information content (AvgIpc) is 3.36. The summed E-state index contributed by atoms with van der Waals surface area (Å²) in [4.78, 5) is 13.0. The topological polar surface area (TPSA) is 25.8 Å². The molecule has 0 radical (unpaired) electrons. The van der Waals surface area contributed by atoms with Crippen molar-refractivity contribution in [2.75, 3.05) is 0 Å². The summed E-state index contributed by atoms with van der Waals surface area (Å²) >= 11 is 1.87. The maximum absolute atomic E-state index is 5.36. The first-order valence-electron chi connectivity index (χ1n) is 14.3. The Bertz CT molecular complexity index is 2140. The second kappa shape index (κ2) is 9.01. The maximum atomic E-state index is 5.36. The van der Waals surface area contributed by atoms with E-state index in [1.54, 1.807) is 0 Å². The molecule has 6 aromatic carbocycles. The summed E-state index contributed by atoms with van der Waals surface area (Å²) in [6.07, 6.45) is 0. The van der Waals surface area contributed by atoms with E-state index in [4.69, 9.17) is 9.97 Å². The van der Waals surface area contributed by atoms with Crippen LogP contribution in [0, 0.1) is 0 Å². The molecule has 42 heavy (non-hydrogen) atoms. The lowest BCUT2D eigenvalue weighted by Crippen LogP contribution is -2.32. The molecule has 0 amide bonds. The number of nitrogens with zero attached hydrogens (tertiary/aromatic N) is 2. The highest BCUT2D eigenvalue weighted by atomic mass is 32.2. The Morgan fingerprint density at radius 2 is 1.05 bits per heavy atom.